The van der Waals surface area contributed by atoms with Crippen molar-refractivity contribution in [2.45, 2.75) is 52.7 Å². The van der Waals surface area contributed by atoms with E-state index in [1.54, 1.807) is 71.3 Å². The fourth-order valence-electron chi connectivity index (χ4n) is 1.64. The van der Waals surface area contributed by atoms with Gasteiger partial charge in [-0.2, -0.15) is 0 Å². The molecular weight excluding hydrogens is 595 g/mol. The van der Waals surface area contributed by atoms with Gasteiger partial charge in [-0.05, 0) is 31.2 Å². The number of rotatable bonds is 3. The van der Waals surface area contributed by atoms with Gasteiger partial charge < -0.3 is 39.8 Å². The summed E-state index contributed by atoms with van der Waals surface area (Å²) in [5.41, 5.74) is -0.951. The third-order valence-corrected chi connectivity index (χ3v) is 2.91. The average Bonchev–Trinajstić information content (AvgIpc) is 2.56. The van der Waals surface area contributed by atoms with Gasteiger partial charge in [0.1, 0.15) is 0 Å². The standard InChI is InChI=1S/2C8H10NO.C4H8O2.2ClH.Ir/c2*1-8(2,10)7-5-3-4-6-9-7;1-3-6-4(2)5;;;/h2*3-6H,1-2H3;3H2,1-2H3;2*1H;/q2*-1;;;;/p-2. The number of halogens is 2. The number of carbonyl (C=O) groups excluding carboxylic acids is 1. The Hall–Kier alpha value is -1.08. The molecule has 2 aromatic rings. The van der Waals surface area contributed by atoms with Gasteiger partial charge in [0.2, 0.25) is 0 Å². The van der Waals surface area contributed by atoms with Crippen LogP contribution in [-0.4, -0.2) is 22.5 Å². The number of ether oxygens (including phenoxy) is 1. The molecule has 29 heavy (non-hydrogen) atoms. The number of hydrogen-bond acceptors (Lipinski definition) is 6. The minimum Gasteiger partial charge on any atom is -1.00 e. The molecule has 0 atom stereocenters. The summed E-state index contributed by atoms with van der Waals surface area (Å²) in [6.45, 7) is 10.1. The average molecular weight is 624 g/mol. The van der Waals surface area contributed by atoms with Gasteiger partial charge in [0, 0.05) is 50.8 Å². The van der Waals surface area contributed by atoms with Crippen LogP contribution in [0.5, 0.6) is 0 Å². The van der Waals surface area contributed by atoms with Crippen LogP contribution in [0.2, 0.25) is 0 Å². The van der Waals surface area contributed by atoms with Gasteiger partial charge >= 0.3 is 5.97 Å². The molecule has 0 saturated heterocycles. The molecule has 0 aliphatic rings. The Balaban J connectivity index is -0.000000159. The molecule has 0 unspecified atom stereocenters. The van der Waals surface area contributed by atoms with Crippen LogP contribution in [0.15, 0.2) is 48.8 Å². The summed E-state index contributed by atoms with van der Waals surface area (Å²) in [7, 11) is 0. The van der Waals surface area contributed by atoms with Crippen LogP contribution in [0.3, 0.4) is 0 Å². The van der Waals surface area contributed by atoms with Crippen molar-refractivity contribution in [3.8, 4) is 0 Å². The maximum Gasteiger partial charge on any atom is 0.302 e. The molecule has 1 radical (unpaired) electrons. The molecule has 6 nitrogen and oxygen atoms in total. The smallest absolute Gasteiger partial charge is 0.302 e. The topological polar surface area (TPSA) is 98.2 Å². The molecule has 0 bridgehead atoms. The number of aromatic nitrogens is 2. The Morgan fingerprint density at radius 3 is 1.34 bits per heavy atom. The van der Waals surface area contributed by atoms with Crippen molar-refractivity contribution in [1.82, 2.24) is 9.97 Å². The Labute approximate surface area is 199 Å². The van der Waals surface area contributed by atoms with Gasteiger partial charge in [-0.3, -0.25) is 14.8 Å². The van der Waals surface area contributed by atoms with E-state index in [9.17, 15) is 15.0 Å². The summed E-state index contributed by atoms with van der Waals surface area (Å²) < 4.78 is 4.40. The van der Waals surface area contributed by atoms with E-state index >= 15 is 0 Å². The molecule has 0 saturated carbocycles. The van der Waals surface area contributed by atoms with E-state index in [4.69, 9.17) is 0 Å². The predicted molar refractivity (Wildman–Crippen MR) is 96.8 cm³/mol. The van der Waals surface area contributed by atoms with E-state index in [1.165, 1.54) is 6.92 Å². The van der Waals surface area contributed by atoms with Gasteiger partial charge in [-0.25, -0.2) is 0 Å². The van der Waals surface area contributed by atoms with Crippen molar-refractivity contribution in [3.63, 3.8) is 0 Å². The number of pyridine rings is 2. The second-order valence-electron chi connectivity index (χ2n) is 6.38. The number of nitrogens with zero attached hydrogens (tertiary/aromatic N) is 2. The zero-order chi connectivity index (χ0) is 20.2. The zero-order valence-corrected chi connectivity index (χ0v) is 21.3. The molecule has 0 amide bonds. The second kappa shape index (κ2) is 17.8. The van der Waals surface area contributed by atoms with E-state index < -0.39 is 11.2 Å². The largest absolute Gasteiger partial charge is 1.00 e. The van der Waals surface area contributed by atoms with E-state index in [0.717, 1.165) is 0 Å². The summed E-state index contributed by atoms with van der Waals surface area (Å²) >= 11 is 0. The van der Waals surface area contributed by atoms with E-state index in [2.05, 4.69) is 14.7 Å². The minimum atomic E-state index is -1.07. The quantitative estimate of drug-likeness (QED) is 0.323. The van der Waals surface area contributed by atoms with Crippen molar-refractivity contribution in [1.29, 1.82) is 0 Å². The molecule has 0 N–H and O–H groups in total. The van der Waals surface area contributed by atoms with Crippen LogP contribution in [0.1, 0.15) is 52.9 Å². The fraction of sp³-hybridized carbons (Fsp3) is 0.450. The van der Waals surface area contributed by atoms with E-state index in [1.807, 2.05) is 12.1 Å². The Bertz CT molecular complexity index is 585. The summed E-state index contributed by atoms with van der Waals surface area (Å²) in [5, 5.41) is 22.5. The molecule has 9 heteroatoms. The number of esters is 1. The normalized spacial score (nSPS) is 9.52. The van der Waals surface area contributed by atoms with Crippen molar-refractivity contribution >= 4 is 5.97 Å². The fourth-order valence-corrected chi connectivity index (χ4v) is 1.64. The predicted octanol–water partition coefficient (Wildman–Crippen LogP) is -4.07. The molecule has 0 aromatic carbocycles. The maximum absolute atomic E-state index is 11.2. The molecule has 0 spiro atoms. The molecule has 2 aromatic heterocycles. The maximum atomic E-state index is 11.2. The van der Waals surface area contributed by atoms with E-state index in [0.29, 0.717) is 18.0 Å². The summed E-state index contributed by atoms with van der Waals surface area (Å²) in [4.78, 5) is 17.7. The van der Waals surface area contributed by atoms with Gasteiger partial charge in [0.05, 0.1) is 6.61 Å². The second-order valence-corrected chi connectivity index (χ2v) is 6.38. The number of carbonyl (C=O) groups is 1. The summed E-state index contributed by atoms with van der Waals surface area (Å²) in [6.07, 6.45) is 3.27. The Morgan fingerprint density at radius 2 is 1.24 bits per heavy atom. The van der Waals surface area contributed by atoms with Crippen LogP contribution < -0.4 is 35.0 Å². The molecule has 0 aliphatic carbocycles. The molecule has 2 heterocycles. The Kier molecular flexibility index (Phi) is 21.6. The van der Waals surface area contributed by atoms with Gasteiger partial charge in [0.25, 0.3) is 0 Å². The van der Waals surface area contributed by atoms with Crippen LogP contribution in [-0.2, 0) is 40.8 Å². The monoisotopic (exact) mass is 623 g/mol. The van der Waals surface area contributed by atoms with Crippen LogP contribution in [0.4, 0.5) is 0 Å². The summed E-state index contributed by atoms with van der Waals surface area (Å²) in [6, 6.07) is 10.7. The first-order chi connectivity index (χ1) is 12.0. The van der Waals surface area contributed by atoms with Crippen molar-refractivity contribution in [2.24, 2.45) is 0 Å². The Morgan fingerprint density at radius 1 is 0.897 bits per heavy atom. The first-order valence-electron chi connectivity index (χ1n) is 8.35. The van der Waals surface area contributed by atoms with Gasteiger partial charge in [-0.15, -0.1) is 0 Å². The molecule has 2 rings (SSSR count). The third-order valence-electron chi connectivity index (χ3n) is 2.91. The van der Waals surface area contributed by atoms with Gasteiger partial charge in [-0.1, -0.05) is 51.0 Å². The van der Waals surface area contributed by atoms with Crippen molar-refractivity contribution < 1.29 is 64.7 Å². The summed E-state index contributed by atoms with van der Waals surface area (Å²) in [5.74, 6) is -0.211. The third kappa shape index (κ3) is 18.7. The number of hydrogen-bond donors (Lipinski definition) is 0. The first-order valence-corrected chi connectivity index (χ1v) is 8.35. The van der Waals surface area contributed by atoms with Gasteiger partial charge in [0.15, 0.2) is 0 Å². The zero-order valence-electron chi connectivity index (χ0n) is 17.4. The van der Waals surface area contributed by atoms with E-state index in [-0.39, 0.29) is 50.9 Å². The molecular formula is C20H28Cl2IrN2O4-4. The molecule has 169 valence electrons. The minimum absolute atomic E-state index is 0. The van der Waals surface area contributed by atoms with Crippen LogP contribution >= 0.6 is 0 Å². The first kappa shape index (κ1) is 35.4. The SMILES string of the molecule is CC(C)([O-])c1ccccn1.CC(C)([O-])c1ccccn1.CCOC(C)=O.[Cl-].[Cl-].[Ir]. The van der Waals surface area contributed by atoms with Crippen LogP contribution in [0.25, 0.3) is 0 Å². The molecule has 0 fully saturated rings. The molecule has 0 aliphatic heterocycles. The van der Waals surface area contributed by atoms with Crippen molar-refractivity contribution in [2.75, 3.05) is 6.61 Å². The van der Waals surface area contributed by atoms with Crippen molar-refractivity contribution in [3.05, 3.63) is 60.2 Å². The van der Waals surface area contributed by atoms with Crippen LogP contribution in [0, 0.1) is 0 Å².